The van der Waals surface area contributed by atoms with Crippen molar-refractivity contribution in [3.8, 4) is 5.75 Å². The summed E-state index contributed by atoms with van der Waals surface area (Å²) in [4.78, 5) is 19.4. The van der Waals surface area contributed by atoms with Crippen molar-refractivity contribution < 1.29 is 9.53 Å². The largest absolute Gasteiger partial charge is 0.496 e. The molecular formula is C21H25N3O2. The topological polar surface area (TPSA) is 47.4 Å². The Morgan fingerprint density at radius 2 is 1.88 bits per heavy atom. The van der Waals surface area contributed by atoms with Crippen LogP contribution in [-0.4, -0.2) is 34.5 Å². The van der Waals surface area contributed by atoms with E-state index in [4.69, 9.17) is 4.74 Å². The van der Waals surface area contributed by atoms with Crippen molar-refractivity contribution in [2.24, 2.45) is 0 Å². The van der Waals surface area contributed by atoms with Gasteiger partial charge >= 0.3 is 0 Å². The van der Waals surface area contributed by atoms with E-state index in [1.165, 1.54) is 0 Å². The standard InChI is InChI=1S/C21H25N3O2/c1-5-20-22-17-11-7-8-12-18(17)24(20)14-21(25)23(3)15(2)16-10-6-9-13-19(16)26-4/h6-13,15H,5,14H2,1-4H3. The number of likely N-dealkylation sites (N-methyl/N-ethyl adjacent to an activating group) is 1. The molecule has 0 saturated heterocycles. The number of ether oxygens (including phenoxy) is 1. The number of nitrogens with zero attached hydrogens (tertiary/aromatic N) is 3. The molecule has 5 heteroatoms. The molecule has 5 nitrogen and oxygen atoms in total. The number of para-hydroxylation sites is 3. The van der Waals surface area contributed by atoms with Gasteiger partial charge in [-0.2, -0.15) is 0 Å². The van der Waals surface area contributed by atoms with Gasteiger partial charge in [-0.3, -0.25) is 4.79 Å². The number of carbonyl (C=O) groups excluding carboxylic acids is 1. The van der Waals surface area contributed by atoms with Crippen LogP contribution >= 0.6 is 0 Å². The Labute approximate surface area is 154 Å². The Bertz CT molecular complexity index is 917. The Kier molecular flexibility index (Phi) is 5.26. The lowest BCUT2D eigenvalue weighted by molar-refractivity contribution is -0.132. The van der Waals surface area contributed by atoms with Gasteiger partial charge in [0.25, 0.3) is 0 Å². The molecule has 0 N–H and O–H groups in total. The van der Waals surface area contributed by atoms with Gasteiger partial charge in [0.05, 0.1) is 24.2 Å². The van der Waals surface area contributed by atoms with E-state index in [9.17, 15) is 4.79 Å². The number of methoxy groups -OCH3 is 1. The summed E-state index contributed by atoms with van der Waals surface area (Å²) < 4.78 is 7.46. The molecule has 1 amide bonds. The smallest absolute Gasteiger partial charge is 0.242 e. The summed E-state index contributed by atoms with van der Waals surface area (Å²) in [6.07, 6.45) is 0.785. The zero-order valence-corrected chi connectivity index (χ0v) is 15.8. The molecule has 2 aromatic carbocycles. The molecule has 26 heavy (non-hydrogen) atoms. The minimum Gasteiger partial charge on any atom is -0.496 e. The van der Waals surface area contributed by atoms with Crippen LogP contribution in [-0.2, 0) is 17.8 Å². The molecule has 0 aliphatic heterocycles. The third kappa shape index (κ3) is 3.29. The molecule has 1 unspecified atom stereocenters. The summed E-state index contributed by atoms with van der Waals surface area (Å²) in [7, 11) is 3.49. The van der Waals surface area contributed by atoms with Crippen LogP contribution in [0, 0.1) is 0 Å². The third-order valence-corrected chi connectivity index (χ3v) is 4.91. The molecule has 0 saturated carbocycles. The summed E-state index contributed by atoms with van der Waals surface area (Å²) in [6, 6.07) is 15.7. The summed E-state index contributed by atoms with van der Waals surface area (Å²) in [6.45, 7) is 4.35. The SMILES string of the molecule is CCc1nc2ccccc2n1CC(=O)N(C)C(C)c1ccccc1OC. The van der Waals surface area contributed by atoms with E-state index in [0.717, 1.165) is 34.6 Å². The fourth-order valence-corrected chi connectivity index (χ4v) is 3.25. The van der Waals surface area contributed by atoms with Crippen LogP contribution < -0.4 is 4.74 Å². The third-order valence-electron chi connectivity index (χ3n) is 4.91. The molecule has 0 bridgehead atoms. The number of rotatable bonds is 6. The zero-order valence-electron chi connectivity index (χ0n) is 15.8. The maximum atomic E-state index is 13.0. The number of fused-ring (bicyclic) bond motifs is 1. The van der Waals surface area contributed by atoms with Gasteiger partial charge in [-0.15, -0.1) is 0 Å². The van der Waals surface area contributed by atoms with Crippen molar-refractivity contribution in [3.63, 3.8) is 0 Å². The molecular weight excluding hydrogens is 326 g/mol. The Hall–Kier alpha value is -2.82. The molecule has 136 valence electrons. The van der Waals surface area contributed by atoms with Crippen molar-refractivity contribution >= 4 is 16.9 Å². The number of hydrogen-bond acceptors (Lipinski definition) is 3. The first kappa shape index (κ1) is 18.0. The molecule has 0 fully saturated rings. The highest BCUT2D eigenvalue weighted by Crippen LogP contribution is 2.28. The van der Waals surface area contributed by atoms with Crippen LogP contribution in [0.4, 0.5) is 0 Å². The summed E-state index contributed by atoms with van der Waals surface area (Å²) in [5, 5.41) is 0. The monoisotopic (exact) mass is 351 g/mol. The van der Waals surface area contributed by atoms with E-state index in [1.807, 2.05) is 67.1 Å². The molecule has 3 rings (SSSR count). The number of aryl methyl sites for hydroxylation is 1. The van der Waals surface area contributed by atoms with Crippen LogP contribution in [0.15, 0.2) is 48.5 Å². The quantitative estimate of drug-likeness (QED) is 0.678. The summed E-state index contributed by atoms with van der Waals surface area (Å²) >= 11 is 0. The van der Waals surface area contributed by atoms with Crippen molar-refractivity contribution in [2.75, 3.05) is 14.2 Å². The van der Waals surface area contributed by atoms with E-state index in [2.05, 4.69) is 11.9 Å². The second-order valence-electron chi connectivity index (χ2n) is 6.38. The van der Waals surface area contributed by atoms with Gasteiger partial charge in [0.2, 0.25) is 5.91 Å². The molecule has 1 atom stereocenters. The highest BCUT2D eigenvalue weighted by Gasteiger charge is 2.22. The molecule has 0 aliphatic rings. The predicted octanol–water partition coefficient (Wildman–Crippen LogP) is 3.83. The molecule has 1 aromatic heterocycles. The molecule has 3 aromatic rings. The van der Waals surface area contributed by atoms with Crippen LogP contribution in [0.1, 0.15) is 31.3 Å². The van der Waals surface area contributed by atoms with Crippen LogP contribution in [0.2, 0.25) is 0 Å². The normalized spacial score (nSPS) is 12.2. The van der Waals surface area contributed by atoms with E-state index >= 15 is 0 Å². The molecule has 1 heterocycles. The highest BCUT2D eigenvalue weighted by molar-refractivity contribution is 5.81. The highest BCUT2D eigenvalue weighted by atomic mass is 16.5. The maximum absolute atomic E-state index is 13.0. The van der Waals surface area contributed by atoms with E-state index in [-0.39, 0.29) is 18.5 Å². The minimum atomic E-state index is -0.0847. The van der Waals surface area contributed by atoms with Crippen molar-refractivity contribution in [1.29, 1.82) is 0 Å². The van der Waals surface area contributed by atoms with Gasteiger partial charge in [0.15, 0.2) is 0 Å². The van der Waals surface area contributed by atoms with Crippen molar-refractivity contribution in [1.82, 2.24) is 14.5 Å². The maximum Gasteiger partial charge on any atom is 0.242 e. The zero-order chi connectivity index (χ0) is 18.7. The Morgan fingerprint density at radius 1 is 1.19 bits per heavy atom. The average Bonchev–Trinajstić information content (AvgIpc) is 3.04. The van der Waals surface area contributed by atoms with E-state index in [0.29, 0.717) is 0 Å². The lowest BCUT2D eigenvalue weighted by atomic mass is 10.1. The predicted molar refractivity (Wildman–Crippen MR) is 103 cm³/mol. The first-order valence-corrected chi connectivity index (χ1v) is 8.89. The molecule has 0 aliphatic carbocycles. The fourth-order valence-electron chi connectivity index (χ4n) is 3.25. The lowest BCUT2D eigenvalue weighted by Crippen LogP contribution is -2.33. The number of benzene rings is 2. The van der Waals surface area contributed by atoms with Crippen molar-refractivity contribution in [2.45, 2.75) is 32.9 Å². The number of amides is 1. The number of hydrogen-bond donors (Lipinski definition) is 0. The van der Waals surface area contributed by atoms with Gasteiger partial charge in [0, 0.05) is 19.0 Å². The lowest BCUT2D eigenvalue weighted by Gasteiger charge is -2.27. The minimum absolute atomic E-state index is 0.0428. The van der Waals surface area contributed by atoms with E-state index < -0.39 is 0 Å². The second-order valence-corrected chi connectivity index (χ2v) is 6.38. The van der Waals surface area contributed by atoms with Crippen LogP contribution in [0.5, 0.6) is 5.75 Å². The van der Waals surface area contributed by atoms with Gasteiger partial charge in [0.1, 0.15) is 18.1 Å². The molecule has 0 radical (unpaired) electrons. The van der Waals surface area contributed by atoms with Gasteiger partial charge in [-0.05, 0) is 25.1 Å². The van der Waals surface area contributed by atoms with Gasteiger partial charge in [-0.25, -0.2) is 4.98 Å². The average molecular weight is 351 g/mol. The fraction of sp³-hybridized carbons (Fsp3) is 0.333. The number of aromatic nitrogens is 2. The Morgan fingerprint density at radius 3 is 2.62 bits per heavy atom. The second kappa shape index (κ2) is 7.60. The summed E-state index contributed by atoms with van der Waals surface area (Å²) in [5.41, 5.74) is 2.92. The van der Waals surface area contributed by atoms with Gasteiger partial charge < -0.3 is 14.2 Å². The number of imidazole rings is 1. The van der Waals surface area contributed by atoms with Crippen LogP contribution in [0.25, 0.3) is 11.0 Å². The first-order chi connectivity index (χ1) is 12.6. The van der Waals surface area contributed by atoms with Crippen LogP contribution in [0.3, 0.4) is 0 Å². The van der Waals surface area contributed by atoms with Crippen molar-refractivity contribution in [3.05, 3.63) is 59.9 Å². The summed E-state index contributed by atoms with van der Waals surface area (Å²) in [5.74, 6) is 1.76. The number of carbonyl (C=O) groups is 1. The Balaban J connectivity index is 1.86. The van der Waals surface area contributed by atoms with E-state index in [1.54, 1.807) is 12.0 Å². The first-order valence-electron chi connectivity index (χ1n) is 8.89. The van der Waals surface area contributed by atoms with Gasteiger partial charge in [-0.1, -0.05) is 37.3 Å². The molecule has 0 spiro atoms.